The maximum atomic E-state index is 12.1. The molecule has 0 amide bonds. The minimum absolute atomic E-state index is 0.0370. The molecular formula is C15H15F3N2O2S. The third kappa shape index (κ3) is 4.22. The van der Waals surface area contributed by atoms with Crippen LogP contribution in [0.25, 0.3) is 0 Å². The number of ketones is 1. The van der Waals surface area contributed by atoms with Crippen LogP contribution in [0.1, 0.15) is 29.2 Å². The van der Waals surface area contributed by atoms with E-state index in [1.165, 1.54) is 42.5 Å². The summed E-state index contributed by atoms with van der Waals surface area (Å²) in [6.45, 7) is 5.91. The SMILES string of the molecule is CCn1c(C)c(C(C)=O)sc1=Nc1ccc(OC(F)(F)F)cc1. The number of ether oxygens (including phenoxy) is 1. The predicted molar refractivity (Wildman–Crippen MR) is 81.1 cm³/mol. The van der Waals surface area contributed by atoms with Gasteiger partial charge >= 0.3 is 6.36 Å². The first kappa shape index (κ1) is 17.3. The lowest BCUT2D eigenvalue weighted by atomic mass is 10.3. The van der Waals surface area contributed by atoms with Gasteiger partial charge in [0.15, 0.2) is 10.6 Å². The summed E-state index contributed by atoms with van der Waals surface area (Å²) in [4.78, 5) is 17.3. The van der Waals surface area contributed by atoms with Crippen molar-refractivity contribution in [3.8, 4) is 5.75 Å². The highest BCUT2D eigenvalue weighted by Gasteiger charge is 2.30. The second-order valence-electron chi connectivity index (χ2n) is 4.75. The van der Waals surface area contributed by atoms with Crippen molar-refractivity contribution in [2.45, 2.75) is 33.7 Å². The Labute approximate surface area is 134 Å². The Morgan fingerprint density at radius 1 is 1.30 bits per heavy atom. The molecule has 0 bridgehead atoms. The molecule has 0 spiro atoms. The molecule has 2 rings (SSSR count). The van der Waals surface area contributed by atoms with Crippen LogP contribution in [0.3, 0.4) is 0 Å². The highest BCUT2D eigenvalue weighted by molar-refractivity contribution is 7.11. The highest BCUT2D eigenvalue weighted by atomic mass is 32.1. The van der Waals surface area contributed by atoms with Gasteiger partial charge in [-0.1, -0.05) is 11.3 Å². The van der Waals surface area contributed by atoms with Gasteiger partial charge in [-0.15, -0.1) is 13.2 Å². The van der Waals surface area contributed by atoms with Gasteiger partial charge in [0.05, 0.1) is 10.6 Å². The molecule has 4 nitrogen and oxygen atoms in total. The maximum absolute atomic E-state index is 12.1. The molecular weight excluding hydrogens is 329 g/mol. The monoisotopic (exact) mass is 344 g/mol. The number of halogens is 3. The average Bonchev–Trinajstić information content (AvgIpc) is 2.75. The standard InChI is InChI=1S/C15H15F3N2O2S/c1-4-20-9(2)13(10(3)21)23-14(20)19-11-5-7-12(8-6-11)22-15(16,17)18/h5-8H,4H2,1-3H3. The van der Waals surface area contributed by atoms with Crippen molar-refractivity contribution in [3.63, 3.8) is 0 Å². The van der Waals surface area contributed by atoms with Gasteiger partial charge in [0, 0.05) is 19.2 Å². The number of nitrogens with zero attached hydrogens (tertiary/aromatic N) is 2. The summed E-state index contributed by atoms with van der Waals surface area (Å²) in [5.74, 6) is -0.336. The van der Waals surface area contributed by atoms with Gasteiger partial charge in [-0.2, -0.15) is 0 Å². The Morgan fingerprint density at radius 3 is 2.39 bits per heavy atom. The van der Waals surface area contributed by atoms with Gasteiger partial charge in [0.2, 0.25) is 0 Å². The molecule has 1 aromatic carbocycles. The molecule has 0 N–H and O–H groups in total. The molecule has 1 aromatic heterocycles. The quantitative estimate of drug-likeness (QED) is 0.780. The van der Waals surface area contributed by atoms with E-state index in [1.54, 1.807) is 0 Å². The molecule has 0 aliphatic carbocycles. The van der Waals surface area contributed by atoms with Gasteiger partial charge in [-0.25, -0.2) is 4.99 Å². The Kier molecular flexibility index (Phi) is 4.93. The molecule has 23 heavy (non-hydrogen) atoms. The molecule has 0 aliphatic rings. The van der Waals surface area contributed by atoms with Crippen LogP contribution in [0.4, 0.5) is 18.9 Å². The van der Waals surface area contributed by atoms with E-state index in [0.29, 0.717) is 21.9 Å². The lowest BCUT2D eigenvalue weighted by Crippen LogP contribution is -2.17. The summed E-state index contributed by atoms with van der Waals surface area (Å²) in [6.07, 6.45) is -4.72. The molecule has 8 heteroatoms. The summed E-state index contributed by atoms with van der Waals surface area (Å²) < 4.78 is 42.1. The molecule has 0 radical (unpaired) electrons. The lowest BCUT2D eigenvalue weighted by molar-refractivity contribution is -0.274. The minimum atomic E-state index is -4.72. The Balaban J connectivity index is 2.39. The lowest BCUT2D eigenvalue weighted by Gasteiger charge is -2.08. The highest BCUT2D eigenvalue weighted by Crippen LogP contribution is 2.25. The second kappa shape index (κ2) is 6.57. The van der Waals surface area contributed by atoms with E-state index in [4.69, 9.17) is 0 Å². The summed E-state index contributed by atoms with van der Waals surface area (Å²) in [5.41, 5.74) is 1.32. The number of benzene rings is 1. The smallest absolute Gasteiger partial charge is 0.406 e. The van der Waals surface area contributed by atoms with Gasteiger partial charge < -0.3 is 9.30 Å². The van der Waals surface area contributed by atoms with Crippen molar-refractivity contribution < 1.29 is 22.7 Å². The van der Waals surface area contributed by atoms with E-state index in [0.717, 1.165) is 5.69 Å². The first-order valence-corrected chi connectivity index (χ1v) is 7.64. The average molecular weight is 344 g/mol. The number of hydrogen-bond acceptors (Lipinski definition) is 4. The summed E-state index contributed by atoms with van der Waals surface area (Å²) >= 11 is 1.26. The van der Waals surface area contributed by atoms with Crippen molar-refractivity contribution in [3.05, 3.63) is 39.6 Å². The molecule has 124 valence electrons. The number of alkyl halides is 3. The number of hydrogen-bond donors (Lipinski definition) is 0. The van der Waals surface area contributed by atoms with Crippen LogP contribution in [-0.4, -0.2) is 16.7 Å². The maximum Gasteiger partial charge on any atom is 0.573 e. The van der Waals surface area contributed by atoms with Crippen molar-refractivity contribution in [2.24, 2.45) is 4.99 Å². The van der Waals surface area contributed by atoms with Crippen LogP contribution in [-0.2, 0) is 6.54 Å². The van der Waals surface area contributed by atoms with Crippen LogP contribution in [0.15, 0.2) is 29.3 Å². The van der Waals surface area contributed by atoms with Crippen LogP contribution in [0.2, 0.25) is 0 Å². The number of aromatic nitrogens is 1. The molecule has 0 saturated heterocycles. The Morgan fingerprint density at radius 2 is 1.91 bits per heavy atom. The van der Waals surface area contributed by atoms with Gasteiger partial charge in [-0.3, -0.25) is 4.79 Å². The molecule has 0 fully saturated rings. The van der Waals surface area contributed by atoms with Gasteiger partial charge in [0.25, 0.3) is 0 Å². The van der Waals surface area contributed by atoms with Crippen molar-refractivity contribution in [2.75, 3.05) is 0 Å². The summed E-state index contributed by atoms with van der Waals surface area (Å²) in [6, 6.07) is 5.27. The van der Waals surface area contributed by atoms with Gasteiger partial charge in [0.1, 0.15) is 5.75 Å². The number of rotatable bonds is 4. The fraction of sp³-hybridized carbons (Fsp3) is 0.333. The third-order valence-corrected chi connectivity index (χ3v) is 4.37. The van der Waals surface area contributed by atoms with Crippen LogP contribution >= 0.6 is 11.3 Å². The van der Waals surface area contributed by atoms with Crippen molar-refractivity contribution in [1.82, 2.24) is 4.57 Å². The Hall–Kier alpha value is -2.09. The number of carbonyl (C=O) groups is 1. The normalized spacial score (nSPS) is 12.5. The predicted octanol–water partition coefficient (Wildman–Crippen LogP) is 4.21. The van der Waals surface area contributed by atoms with Crippen molar-refractivity contribution in [1.29, 1.82) is 0 Å². The number of thiazole rings is 1. The number of Topliss-reactive ketones (excluding diaryl/α,β-unsaturated/α-hetero) is 1. The molecule has 0 saturated carbocycles. The van der Waals surface area contributed by atoms with E-state index in [1.807, 2.05) is 18.4 Å². The van der Waals surface area contributed by atoms with E-state index in [2.05, 4.69) is 9.73 Å². The molecule has 1 heterocycles. The van der Waals surface area contributed by atoms with Gasteiger partial charge in [-0.05, 0) is 38.1 Å². The Bertz CT molecular complexity index is 774. The van der Waals surface area contributed by atoms with Crippen molar-refractivity contribution >= 4 is 22.8 Å². The minimum Gasteiger partial charge on any atom is -0.406 e. The number of carbonyl (C=O) groups excluding carboxylic acids is 1. The zero-order valence-electron chi connectivity index (χ0n) is 12.8. The third-order valence-electron chi connectivity index (χ3n) is 3.09. The zero-order valence-corrected chi connectivity index (χ0v) is 13.6. The fourth-order valence-electron chi connectivity index (χ4n) is 2.10. The van der Waals surface area contributed by atoms with Crippen LogP contribution in [0.5, 0.6) is 5.75 Å². The molecule has 0 aliphatic heterocycles. The van der Waals surface area contributed by atoms with E-state index in [9.17, 15) is 18.0 Å². The van der Waals surface area contributed by atoms with E-state index >= 15 is 0 Å². The largest absolute Gasteiger partial charge is 0.573 e. The van der Waals surface area contributed by atoms with Crippen LogP contribution < -0.4 is 9.54 Å². The fourth-order valence-corrected chi connectivity index (χ4v) is 3.21. The summed E-state index contributed by atoms with van der Waals surface area (Å²) in [7, 11) is 0. The summed E-state index contributed by atoms with van der Waals surface area (Å²) in [5, 5.41) is 0. The van der Waals surface area contributed by atoms with Crippen LogP contribution in [0, 0.1) is 6.92 Å². The first-order valence-electron chi connectivity index (χ1n) is 6.83. The second-order valence-corrected chi connectivity index (χ2v) is 5.73. The molecule has 0 atom stereocenters. The molecule has 2 aromatic rings. The zero-order chi connectivity index (χ0) is 17.2. The first-order chi connectivity index (χ1) is 10.7. The topological polar surface area (TPSA) is 43.6 Å². The van der Waals surface area contributed by atoms with E-state index < -0.39 is 6.36 Å². The van der Waals surface area contributed by atoms with E-state index in [-0.39, 0.29) is 11.5 Å². The molecule has 0 unspecified atom stereocenters.